The number of nitrogens with one attached hydrogen (secondary N) is 1. The van der Waals surface area contributed by atoms with Crippen molar-refractivity contribution in [3.05, 3.63) is 71.0 Å². The SMILES string of the molecule is CCOC(=O)c1ccccc1NC(=O)CCc1c(C)nc2cc(-c3ccc(OC)cc3OC)nn2c1C. The molecule has 2 aromatic carbocycles. The molecule has 9 nitrogen and oxygen atoms in total. The van der Waals surface area contributed by atoms with Gasteiger partial charge in [-0.1, -0.05) is 12.1 Å². The fourth-order valence-corrected chi connectivity index (χ4v) is 4.26. The first-order valence-corrected chi connectivity index (χ1v) is 12.0. The average Bonchev–Trinajstić information content (AvgIpc) is 3.32. The Morgan fingerprint density at radius 2 is 1.81 bits per heavy atom. The van der Waals surface area contributed by atoms with Gasteiger partial charge in [0.1, 0.15) is 11.5 Å². The molecular formula is C28H30N4O5. The number of methoxy groups -OCH3 is 2. The Labute approximate surface area is 215 Å². The largest absolute Gasteiger partial charge is 0.497 e. The third kappa shape index (κ3) is 5.40. The Morgan fingerprint density at radius 1 is 1.03 bits per heavy atom. The number of ether oxygens (including phenoxy) is 3. The molecule has 192 valence electrons. The van der Waals surface area contributed by atoms with Crippen LogP contribution in [-0.2, 0) is 16.0 Å². The minimum Gasteiger partial charge on any atom is -0.497 e. The van der Waals surface area contributed by atoms with Crippen LogP contribution in [0.25, 0.3) is 16.9 Å². The summed E-state index contributed by atoms with van der Waals surface area (Å²) in [5, 5.41) is 7.61. The fraction of sp³-hybridized carbons (Fsp3) is 0.286. The van der Waals surface area contributed by atoms with Crippen LogP contribution in [0.1, 0.15) is 40.7 Å². The minimum atomic E-state index is -0.470. The number of carbonyl (C=O) groups excluding carboxylic acids is 2. The van der Waals surface area contributed by atoms with Gasteiger partial charge in [-0.2, -0.15) is 5.10 Å². The number of para-hydroxylation sites is 1. The lowest BCUT2D eigenvalue weighted by atomic mass is 10.1. The number of hydrogen-bond donors (Lipinski definition) is 1. The van der Waals surface area contributed by atoms with Gasteiger partial charge in [0.15, 0.2) is 5.65 Å². The lowest BCUT2D eigenvalue weighted by Crippen LogP contribution is -2.17. The van der Waals surface area contributed by atoms with E-state index in [1.54, 1.807) is 49.9 Å². The number of aryl methyl sites for hydroxylation is 2. The number of fused-ring (bicyclic) bond motifs is 1. The molecule has 0 radical (unpaired) electrons. The van der Waals surface area contributed by atoms with Gasteiger partial charge in [0.25, 0.3) is 0 Å². The lowest BCUT2D eigenvalue weighted by molar-refractivity contribution is -0.116. The molecule has 4 aromatic rings. The maximum absolute atomic E-state index is 12.8. The molecule has 2 aromatic heterocycles. The molecule has 0 fully saturated rings. The summed E-state index contributed by atoms with van der Waals surface area (Å²) >= 11 is 0. The number of amides is 1. The zero-order chi connectivity index (χ0) is 26.5. The van der Waals surface area contributed by atoms with Crippen LogP contribution in [0, 0.1) is 13.8 Å². The van der Waals surface area contributed by atoms with Crippen LogP contribution in [0.3, 0.4) is 0 Å². The van der Waals surface area contributed by atoms with Gasteiger partial charge in [-0.05, 0) is 57.0 Å². The Balaban J connectivity index is 1.55. The van der Waals surface area contributed by atoms with E-state index >= 15 is 0 Å². The fourth-order valence-electron chi connectivity index (χ4n) is 4.26. The van der Waals surface area contributed by atoms with Gasteiger partial charge in [-0.25, -0.2) is 14.3 Å². The molecule has 9 heteroatoms. The van der Waals surface area contributed by atoms with Crippen LogP contribution >= 0.6 is 0 Å². The molecule has 0 aliphatic rings. The molecule has 0 unspecified atom stereocenters. The molecular weight excluding hydrogens is 472 g/mol. The normalized spacial score (nSPS) is 10.8. The molecule has 0 bridgehead atoms. The zero-order valence-corrected chi connectivity index (χ0v) is 21.6. The summed E-state index contributed by atoms with van der Waals surface area (Å²) in [4.78, 5) is 29.7. The summed E-state index contributed by atoms with van der Waals surface area (Å²) in [6, 6.07) is 14.3. The summed E-state index contributed by atoms with van der Waals surface area (Å²) in [5.41, 5.74) is 5.69. The number of aromatic nitrogens is 3. The van der Waals surface area contributed by atoms with Crippen LogP contribution < -0.4 is 14.8 Å². The highest BCUT2D eigenvalue weighted by atomic mass is 16.5. The van der Waals surface area contributed by atoms with Crippen molar-refractivity contribution in [1.82, 2.24) is 14.6 Å². The van der Waals surface area contributed by atoms with E-state index in [0.717, 1.165) is 28.2 Å². The van der Waals surface area contributed by atoms with Gasteiger partial charge < -0.3 is 19.5 Å². The van der Waals surface area contributed by atoms with E-state index < -0.39 is 5.97 Å². The molecule has 0 saturated heterocycles. The molecule has 4 rings (SSSR count). The maximum atomic E-state index is 12.8. The highest BCUT2D eigenvalue weighted by Crippen LogP contribution is 2.33. The van der Waals surface area contributed by atoms with E-state index in [1.807, 2.05) is 38.1 Å². The monoisotopic (exact) mass is 502 g/mol. The number of nitrogens with zero attached hydrogens (tertiary/aromatic N) is 3. The number of hydrogen-bond acceptors (Lipinski definition) is 7. The average molecular weight is 503 g/mol. The number of benzene rings is 2. The third-order valence-electron chi connectivity index (χ3n) is 6.15. The van der Waals surface area contributed by atoms with E-state index in [4.69, 9.17) is 24.3 Å². The van der Waals surface area contributed by atoms with Crippen molar-refractivity contribution >= 4 is 23.2 Å². The summed E-state index contributed by atoms with van der Waals surface area (Å²) in [5.74, 6) is 0.666. The van der Waals surface area contributed by atoms with Crippen LogP contribution in [-0.4, -0.2) is 47.3 Å². The van der Waals surface area contributed by atoms with E-state index in [1.165, 1.54) is 0 Å². The maximum Gasteiger partial charge on any atom is 0.340 e. The van der Waals surface area contributed by atoms with Gasteiger partial charge in [-0.15, -0.1) is 0 Å². The molecule has 1 N–H and O–H groups in total. The highest BCUT2D eigenvalue weighted by molar-refractivity contribution is 6.01. The van der Waals surface area contributed by atoms with Crippen molar-refractivity contribution in [3.8, 4) is 22.8 Å². The zero-order valence-electron chi connectivity index (χ0n) is 21.6. The Morgan fingerprint density at radius 3 is 2.54 bits per heavy atom. The topological polar surface area (TPSA) is 104 Å². The summed E-state index contributed by atoms with van der Waals surface area (Å²) in [7, 11) is 3.21. The first kappa shape index (κ1) is 25.7. The third-order valence-corrected chi connectivity index (χ3v) is 6.15. The summed E-state index contributed by atoms with van der Waals surface area (Å²) in [6.07, 6.45) is 0.682. The molecule has 0 atom stereocenters. The lowest BCUT2D eigenvalue weighted by Gasteiger charge is -2.12. The molecule has 1 amide bonds. The Kier molecular flexibility index (Phi) is 7.71. The highest BCUT2D eigenvalue weighted by Gasteiger charge is 2.18. The van der Waals surface area contributed by atoms with Gasteiger partial charge in [0, 0.05) is 35.5 Å². The Bertz CT molecular complexity index is 1460. The van der Waals surface area contributed by atoms with Crippen molar-refractivity contribution in [2.24, 2.45) is 0 Å². The summed E-state index contributed by atoms with van der Waals surface area (Å²) in [6.45, 7) is 5.89. The van der Waals surface area contributed by atoms with Gasteiger partial charge in [0.05, 0.1) is 37.8 Å². The van der Waals surface area contributed by atoms with Crippen molar-refractivity contribution < 1.29 is 23.8 Å². The first-order chi connectivity index (χ1) is 17.9. The van der Waals surface area contributed by atoms with E-state index in [0.29, 0.717) is 34.8 Å². The second-order valence-electron chi connectivity index (χ2n) is 8.44. The van der Waals surface area contributed by atoms with Crippen molar-refractivity contribution in [2.45, 2.75) is 33.6 Å². The van der Waals surface area contributed by atoms with Gasteiger partial charge >= 0.3 is 5.97 Å². The molecule has 0 aliphatic carbocycles. The predicted octanol–water partition coefficient (Wildman–Crippen LogP) is 4.78. The van der Waals surface area contributed by atoms with E-state index in [-0.39, 0.29) is 18.9 Å². The van der Waals surface area contributed by atoms with Crippen LogP contribution in [0.5, 0.6) is 11.5 Å². The first-order valence-electron chi connectivity index (χ1n) is 12.0. The van der Waals surface area contributed by atoms with E-state index in [9.17, 15) is 9.59 Å². The Hall–Kier alpha value is -4.40. The molecule has 2 heterocycles. The standard InChI is InChI=1S/C28H30N4O5/c1-6-37-28(34)22-9-7-8-10-23(22)30-27(33)14-13-20-17(2)29-26-16-24(31-32(26)18(20)3)21-12-11-19(35-4)15-25(21)36-5/h7-12,15-16H,6,13-14H2,1-5H3,(H,30,33). The second-order valence-corrected chi connectivity index (χ2v) is 8.44. The number of carbonyl (C=O) groups is 2. The predicted molar refractivity (Wildman–Crippen MR) is 140 cm³/mol. The van der Waals surface area contributed by atoms with Crippen LogP contribution in [0.2, 0.25) is 0 Å². The molecule has 0 spiro atoms. The number of anilines is 1. The van der Waals surface area contributed by atoms with Gasteiger partial charge in [0.2, 0.25) is 5.91 Å². The van der Waals surface area contributed by atoms with Crippen LogP contribution in [0.4, 0.5) is 5.69 Å². The quantitative estimate of drug-likeness (QED) is 0.329. The minimum absolute atomic E-state index is 0.209. The van der Waals surface area contributed by atoms with Crippen molar-refractivity contribution in [2.75, 3.05) is 26.1 Å². The smallest absolute Gasteiger partial charge is 0.340 e. The molecule has 0 saturated carbocycles. The number of esters is 1. The van der Waals surface area contributed by atoms with Gasteiger partial charge in [-0.3, -0.25) is 4.79 Å². The molecule has 37 heavy (non-hydrogen) atoms. The van der Waals surface area contributed by atoms with Crippen molar-refractivity contribution in [1.29, 1.82) is 0 Å². The number of rotatable bonds is 9. The molecule has 0 aliphatic heterocycles. The van der Waals surface area contributed by atoms with Crippen molar-refractivity contribution in [3.63, 3.8) is 0 Å². The van der Waals surface area contributed by atoms with Crippen LogP contribution in [0.15, 0.2) is 48.5 Å². The van der Waals surface area contributed by atoms with E-state index in [2.05, 4.69) is 5.32 Å². The summed E-state index contributed by atoms with van der Waals surface area (Å²) < 4.78 is 17.7. The second kappa shape index (κ2) is 11.1.